The maximum absolute atomic E-state index is 14.6. The van der Waals surface area contributed by atoms with E-state index in [1.165, 1.54) is 12.5 Å². The van der Waals surface area contributed by atoms with E-state index >= 15 is 0 Å². The van der Waals surface area contributed by atoms with Crippen LogP contribution in [0, 0.1) is 6.92 Å². The van der Waals surface area contributed by atoms with Crippen molar-refractivity contribution in [3.05, 3.63) is 41.2 Å². The molecule has 134 valence electrons. The van der Waals surface area contributed by atoms with Crippen LogP contribution in [-0.2, 0) is 15.9 Å². The summed E-state index contributed by atoms with van der Waals surface area (Å²) in [6.07, 6.45) is 5.24. The van der Waals surface area contributed by atoms with Crippen LogP contribution in [0.5, 0.6) is 0 Å². The summed E-state index contributed by atoms with van der Waals surface area (Å²) in [7, 11) is 0. The highest BCUT2D eigenvalue weighted by Crippen LogP contribution is 2.58. The summed E-state index contributed by atoms with van der Waals surface area (Å²) in [6.45, 7) is 4.29. The second-order valence-corrected chi connectivity index (χ2v) is 7.99. The second-order valence-electron chi connectivity index (χ2n) is 7.99. The summed E-state index contributed by atoms with van der Waals surface area (Å²) < 4.78 is 14.6. The van der Waals surface area contributed by atoms with Crippen LogP contribution in [0.25, 0.3) is 0 Å². The molecule has 0 radical (unpaired) electrons. The number of carbonyl (C=O) groups excluding carboxylic acids is 1. The maximum Gasteiger partial charge on any atom is 0.222 e. The first-order valence-corrected chi connectivity index (χ1v) is 9.12. The monoisotopic (exact) mass is 352 g/mol. The molecule has 3 heterocycles. The Morgan fingerprint density at radius 2 is 2.00 bits per heavy atom. The van der Waals surface area contributed by atoms with Gasteiger partial charge in [-0.15, -0.1) is 0 Å². The van der Waals surface area contributed by atoms with Gasteiger partial charge in [0.25, 0.3) is 0 Å². The van der Waals surface area contributed by atoms with Gasteiger partial charge >= 0.3 is 0 Å². The normalized spacial score (nSPS) is 20.8. The van der Waals surface area contributed by atoms with E-state index in [0.29, 0.717) is 24.4 Å². The Labute approximate surface area is 151 Å². The Hall–Kier alpha value is -2.50. The predicted octanol–water partition coefficient (Wildman–Crippen LogP) is 3.89. The van der Waals surface area contributed by atoms with E-state index < -0.39 is 5.67 Å². The molecule has 2 aromatic rings. The maximum atomic E-state index is 14.6. The molecule has 3 aliphatic rings. The Morgan fingerprint density at radius 3 is 2.65 bits per heavy atom. The van der Waals surface area contributed by atoms with Crippen molar-refractivity contribution in [1.29, 1.82) is 0 Å². The first kappa shape index (κ1) is 15.7. The number of hydrogen-bond acceptors (Lipinski definition) is 4. The molecule has 0 aromatic carbocycles. The minimum atomic E-state index is -1.25. The van der Waals surface area contributed by atoms with Crippen molar-refractivity contribution in [2.24, 2.45) is 0 Å². The van der Waals surface area contributed by atoms with Crippen LogP contribution in [-0.4, -0.2) is 22.4 Å². The molecule has 6 heteroatoms. The number of carbonyl (C=O) groups is 1. The Morgan fingerprint density at radius 1 is 1.23 bits per heavy atom. The molecule has 0 atom stereocenters. The van der Waals surface area contributed by atoms with Gasteiger partial charge in [-0.05, 0) is 50.3 Å². The van der Waals surface area contributed by atoms with E-state index in [1.807, 2.05) is 31.3 Å². The Bertz CT molecular complexity index is 933. The molecule has 1 spiro atoms. The van der Waals surface area contributed by atoms with Crippen molar-refractivity contribution < 1.29 is 9.18 Å². The largest absolute Gasteiger partial charge is 0.325 e. The molecule has 2 aliphatic carbocycles. The van der Waals surface area contributed by atoms with E-state index in [9.17, 15) is 9.18 Å². The fourth-order valence-electron chi connectivity index (χ4n) is 3.96. The average molecular weight is 352 g/mol. The molecule has 0 saturated heterocycles. The number of alkyl halides is 1. The van der Waals surface area contributed by atoms with E-state index in [-0.39, 0.29) is 11.3 Å². The molecule has 1 aliphatic heterocycles. The van der Waals surface area contributed by atoms with Crippen molar-refractivity contribution in [3.8, 4) is 0 Å². The lowest BCUT2D eigenvalue weighted by Crippen LogP contribution is -2.21. The number of amides is 1. The minimum Gasteiger partial charge on any atom is -0.325 e. The molecule has 0 unspecified atom stereocenters. The van der Waals surface area contributed by atoms with Crippen LogP contribution in [0.3, 0.4) is 0 Å². The Balaban J connectivity index is 1.59. The third-order valence-electron chi connectivity index (χ3n) is 5.74. The van der Waals surface area contributed by atoms with Crippen molar-refractivity contribution >= 4 is 23.2 Å². The molecule has 0 bridgehead atoms. The van der Waals surface area contributed by atoms with Gasteiger partial charge in [0.15, 0.2) is 5.67 Å². The van der Waals surface area contributed by atoms with Gasteiger partial charge in [0.2, 0.25) is 5.91 Å². The molecular formula is C20H21FN4O. The van der Waals surface area contributed by atoms with E-state index in [4.69, 9.17) is 0 Å². The highest BCUT2D eigenvalue weighted by molar-refractivity contribution is 5.89. The summed E-state index contributed by atoms with van der Waals surface area (Å²) in [4.78, 5) is 22.6. The second kappa shape index (κ2) is 5.02. The van der Waals surface area contributed by atoms with Crippen LogP contribution in [0.1, 0.15) is 49.4 Å². The van der Waals surface area contributed by atoms with Gasteiger partial charge in [-0.2, -0.15) is 0 Å². The lowest BCUT2D eigenvalue weighted by atomic mass is 10.0. The van der Waals surface area contributed by atoms with Crippen molar-refractivity contribution in [1.82, 2.24) is 9.97 Å². The highest BCUT2D eigenvalue weighted by atomic mass is 19.1. The van der Waals surface area contributed by atoms with E-state index in [2.05, 4.69) is 20.2 Å². The Kier molecular flexibility index (Phi) is 3.04. The number of fused-ring (bicyclic) bond motifs is 2. The summed E-state index contributed by atoms with van der Waals surface area (Å²) in [5, 5.41) is 2.75. The molecule has 5 rings (SSSR count). The van der Waals surface area contributed by atoms with Gasteiger partial charge in [0, 0.05) is 36.7 Å². The van der Waals surface area contributed by atoms with E-state index in [0.717, 1.165) is 36.5 Å². The third-order valence-corrected chi connectivity index (χ3v) is 5.74. The van der Waals surface area contributed by atoms with Crippen molar-refractivity contribution in [3.63, 3.8) is 0 Å². The summed E-state index contributed by atoms with van der Waals surface area (Å²) in [5.41, 5.74) is 2.67. The molecular weight excluding hydrogens is 331 g/mol. The first-order chi connectivity index (χ1) is 12.4. The molecule has 2 fully saturated rings. The number of anilines is 3. The molecule has 1 amide bonds. The zero-order valence-electron chi connectivity index (χ0n) is 15.0. The highest BCUT2D eigenvalue weighted by Gasteiger charge is 2.53. The van der Waals surface area contributed by atoms with Gasteiger partial charge in [0.05, 0.1) is 11.4 Å². The lowest BCUT2D eigenvalue weighted by molar-refractivity contribution is -0.114. The predicted molar refractivity (Wildman–Crippen MR) is 97.5 cm³/mol. The number of halogens is 1. The number of rotatable bonds is 3. The number of aromatic nitrogens is 2. The number of aryl methyl sites for hydroxylation is 1. The van der Waals surface area contributed by atoms with Gasteiger partial charge in [0.1, 0.15) is 11.6 Å². The summed E-state index contributed by atoms with van der Waals surface area (Å²) in [5.74, 6) is 1.18. The summed E-state index contributed by atoms with van der Waals surface area (Å²) in [6, 6.07) is 5.78. The average Bonchev–Trinajstić information content (AvgIpc) is 3.48. The van der Waals surface area contributed by atoms with Crippen molar-refractivity contribution in [2.45, 2.75) is 50.6 Å². The number of nitrogens with one attached hydrogen (secondary N) is 1. The van der Waals surface area contributed by atoms with Gasteiger partial charge in [-0.1, -0.05) is 0 Å². The first-order valence-electron chi connectivity index (χ1n) is 9.12. The zero-order chi connectivity index (χ0) is 18.1. The van der Waals surface area contributed by atoms with Crippen LogP contribution in [0.4, 0.5) is 21.7 Å². The molecule has 5 nitrogen and oxygen atoms in total. The van der Waals surface area contributed by atoms with Gasteiger partial charge in [-0.3, -0.25) is 4.79 Å². The zero-order valence-corrected chi connectivity index (χ0v) is 15.0. The smallest absolute Gasteiger partial charge is 0.222 e. The van der Waals surface area contributed by atoms with Crippen LogP contribution in [0.2, 0.25) is 0 Å². The lowest BCUT2D eigenvalue weighted by Gasteiger charge is -2.21. The van der Waals surface area contributed by atoms with Crippen LogP contribution < -0.4 is 10.2 Å². The quantitative estimate of drug-likeness (QED) is 0.911. The van der Waals surface area contributed by atoms with E-state index in [1.54, 1.807) is 0 Å². The topological polar surface area (TPSA) is 58.1 Å². The standard InChI is InChI=1S/C20H21FN4O/c1-12-7-16(20(21)5-6-20)24-18(8-12)25-11-19(3-4-19)14-10-22-17(9-15(14)25)23-13(2)26/h7-10H,3-6,11H2,1-2H3,(H,22,23,26). The molecule has 2 saturated carbocycles. The van der Waals surface area contributed by atoms with Gasteiger partial charge < -0.3 is 10.2 Å². The third kappa shape index (κ3) is 2.39. The SMILES string of the molecule is CC(=O)Nc1cc2c(cn1)C1(CC1)CN2c1cc(C)cc(C2(F)CC2)n1. The molecule has 1 N–H and O–H groups in total. The number of nitrogens with zero attached hydrogens (tertiary/aromatic N) is 3. The fourth-order valence-corrected chi connectivity index (χ4v) is 3.96. The number of pyridine rings is 2. The van der Waals surface area contributed by atoms with Crippen LogP contribution in [0.15, 0.2) is 24.4 Å². The molecule has 26 heavy (non-hydrogen) atoms. The summed E-state index contributed by atoms with van der Waals surface area (Å²) >= 11 is 0. The molecule has 2 aromatic heterocycles. The number of hydrogen-bond donors (Lipinski definition) is 1. The van der Waals surface area contributed by atoms with Crippen molar-refractivity contribution in [2.75, 3.05) is 16.8 Å². The minimum absolute atomic E-state index is 0.135. The van der Waals surface area contributed by atoms with Gasteiger partial charge in [-0.25, -0.2) is 14.4 Å². The fraction of sp³-hybridized carbons (Fsp3) is 0.450. The van der Waals surface area contributed by atoms with Crippen LogP contribution >= 0.6 is 0 Å².